The summed E-state index contributed by atoms with van der Waals surface area (Å²) in [5.74, 6) is -0.0936. The van der Waals surface area contributed by atoms with Gasteiger partial charge in [0.05, 0.1) is 7.11 Å². The van der Waals surface area contributed by atoms with Gasteiger partial charge in [-0.3, -0.25) is 4.79 Å². The van der Waals surface area contributed by atoms with Gasteiger partial charge in [0.1, 0.15) is 24.1 Å². The van der Waals surface area contributed by atoms with Gasteiger partial charge in [0, 0.05) is 15.2 Å². The first-order valence-corrected chi connectivity index (χ1v) is 10.5. The fourth-order valence-electron chi connectivity index (χ4n) is 2.76. The predicted octanol–water partition coefficient (Wildman–Crippen LogP) is 6.37. The van der Waals surface area contributed by atoms with E-state index in [0.717, 1.165) is 0 Å². The van der Waals surface area contributed by atoms with Crippen molar-refractivity contribution >= 4 is 45.2 Å². The lowest BCUT2D eigenvalue weighted by Gasteiger charge is -2.13. The van der Waals surface area contributed by atoms with Crippen LogP contribution in [0.25, 0.3) is 6.08 Å². The molecule has 8 heteroatoms. The Kier molecular flexibility index (Phi) is 7.87. The standard InChI is InChI=1S/C24H17BrClFN2O3/c1-31-22-11-16(10-17(13-28)24(30)29-20-7-5-18(26)6-8-20)21(25)12-23(22)32-14-15-3-2-4-19(27)9-15/h2-12H,14H2,1H3,(H,29,30)/b17-10-. The van der Waals surface area contributed by atoms with Crippen molar-refractivity contribution in [3.8, 4) is 17.6 Å². The van der Waals surface area contributed by atoms with E-state index in [1.807, 2.05) is 6.07 Å². The zero-order chi connectivity index (χ0) is 23.1. The molecule has 0 unspecified atom stereocenters. The van der Waals surface area contributed by atoms with Crippen molar-refractivity contribution in [1.29, 1.82) is 5.26 Å². The van der Waals surface area contributed by atoms with Gasteiger partial charge in [-0.25, -0.2) is 4.39 Å². The molecule has 3 rings (SSSR count). The van der Waals surface area contributed by atoms with Crippen LogP contribution in [0.2, 0.25) is 5.02 Å². The number of nitriles is 1. The maximum Gasteiger partial charge on any atom is 0.266 e. The van der Waals surface area contributed by atoms with Crippen molar-refractivity contribution in [3.63, 3.8) is 0 Å². The van der Waals surface area contributed by atoms with Gasteiger partial charge in [0.2, 0.25) is 0 Å². The number of rotatable bonds is 7. The normalized spacial score (nSPS) is 10.9. The van der Waals surface area contributed by atoms with Crippen molar-refractivity contribution in [2.75, 3.05) is 12.4 Å². The largest absolute Gasteiger partial charge is 0.493 e. The van der Waals surface area contributed by atoms with Crippen LogP contribution >= 0.6 is 27.5 Å². The summed E-state index contributed by atoms with van der Waals surface area (Å²) >= 11 is 9.28. The van der Waals surface area contributed by atoms with Gasteiger partial charge in [0.15, 0.2) is 11.5 Å². The summed E-state index contributed by atoms with van der Waals surface area (Å²) in [5.41, 5.74) is 1.62. The van der Waals surface area contributed by atoms with E-state index < -0.39 is 5.91 Å². The van der Waals surface area contributed by atoms with E-state index in [2.05, 4.69) is 21.2 Å². The minimum Gasteiger partial charge on any atom is -0.493 e. The van der Waals surface area contributed by atoms with E-state index in [4.69, 9.17) is 21.1 Å². The Balaban J connectivity index is 1.81. The number of amides is 1. The highest BCUT2D eigenvalue weighted by Crippen LogP contribution is 2.35. The lowest BCUT2D eigenvalue weighted by molar-refractivity contribution is -0.112. The summed E-state index contributed by atoms with van der Waals surface area (Å²) in [5, 5.41) is 12.7. The van der Waals surface area contributed by atoms with Crippen molar-refractivity contribution in [3.05, 3.63) is 92.7 Å². The first-order chi connectivity index (χ1) is 15.4. The molecule has 0 fully saturated rings. The molecule has 162 valence electrons. The van der Waals surface area contributed by atoms with Gasteiger partial charge in [0.25, 0.3) is 5.91 Å². The number of hydrogen-bond donors (Lipinski definition) is 1. The number of anilines is 1. The van der Waals surface area contributed by atoms with Gasteiger partial charge in [-0.1, -0.05) is 39.7 Å². The molecule has 0 atom stereocenters. The molecule has 0 heterocycles. The molecular weight excluding hydrogens is 499 g/mol. The van der Waals surface area contributed by atoms with E-state index in [-0.39, 0.29) is 18.0 Å². The predicted molar refractivity (Wildman–Crippen MR) is 125 cm³/mol. The number of methoxy groups -OCH3 is 1. The van der Waals surface area contributed by atoms with Crippen LogP contribution in [-0.4, -0.2) is 13.0 Å². The Hall–Kier alpha value is -3.34. The lowest BCUT2D eigenvalue weighted by atomic mass is 10.1. The Bertz CT molecular complexity index is 1210. The zero-order valence-corrected chi connectivity index (χ0v) is 19.2. The number of ether oxygens (including phenoxy) is 2. The molecule has 5 nitrogen and oxygen atoms in total. The molecule has 0 aromatic heterocycles. The van der Waals surface area contributed by atoms with Crippen molar-refractivity contribution in [2.45, 2.75) is 6.61 Å². The van der Waals surface area contributed by atoms with Gasteiger partial charge in [-0.15, -0.1) is 0 Å². The van der Waals surface area contributed by atoms with E-state index in [9.17, 15) is 14.4 Å². The van der Waals surface area contributed by atoms with Crippen molar-refractivity contribution < 1.29 is 18.7 Å². The number of halogens is 3. The summed E-state index contributed by atoms with van der Waals surface area (Å²) in [6.45, 7) is 0.142. The number of nitrogens with one attached hydrogen (secondary N) is 1. The van der Waals surface area contributed by atoms with Crippen LogP contribution in [0.5, 0.6) is 11.5 Å². The molecule has 0 aliphatic carbocycles. The van der Waals surface area contributed by atoms with Crippen LogP contribution in [0.4, 0.5) is 10.1 Å². The Morgan fingerprint density at radius 3 is 2.59 bits per heavy atom. The molecule has 1 N–H and O–H groups in total. The van der Waals surface area contributed by atoms with Crippen LogP contribution in [0, 0.1) is 17.1 Å². The van der Waals surface area contributed by atoms with Crippen molar-refractivity contribution in [1.82, 2.24) is 0 Å². The second kappa shape index (κ2) is 10.8. The third-order valence-electron chi connectivity index (χ3n) is 4.33. The van der Waals surface area contributed by atoms with Crippen LogP contribution in [-0.2, 0) is 11.4 Å². The maximum absolute atomic E-state index is 13.4. The topological polar surface area (TPSA) is 71.3 Å². The molecule has 0 aliphatic heterocycles. The third kappa shape index (κ3) is 6.10. The minimum absolute atomic E-state index is 0.101. The molecule has 0 saturated carbocycles. The second-order valence-corrected chi connectivity index (χ2v) is 7.86. The average Bonchev–Trinajstić information content (AvgIpc) is 2.78. The maximum atomic E-state index is 13.4. The SMILES string of the molecule is COc1cc(/C=C(/C#N)C(=O)Nc2ccc(Cl)cc2)c(Br)cc1OCc1cccc(F)c1. The molecule has 0 radical (unpaired) electrons. The van der Waals surface area contributed by atoms with Crippen LogP contribution in [0.3, 0.4) is 0 Å². The van der Waals surface area contributed by atoms with Gasteiger partial charge < -0.3 is 14.8 Å². The number of carbonyl (C=O) groups is 1. The smallest absolute Gasteiger partial charge is 0.266 e. The summed E-state index contributed by atoms with van der Waals surface area (Å²) in [6, 6.07) is 17.9. The molecular formula is C24H17BrClFN2O3. The molecule has 3 aromatic carbocycles. The molecule has 0 saturated heterocycles. The summed E-state index contributed by atoms with van der Waals surface area (Å²) in [7, 11) is 1.48. The molecule has 0 spiro atoms. The van der Waals surface area contributed by atoms with E-state index >= 15 is 0 Å². The summed E-state index contributed by atoms with van der Waals surface area (Å²) < 4.78 is 25.1. The zero-order valence-electron chi connectivity index (χ0n) is 16.9. The first-order valence-electron chi connectivity index (χ1n) is 9.33. The monoisotopic (exact) mass is 514 g/mol. The molecule has 3 aromatic rings. The number of nitrogens with zero attached hydrogens (tertiary/aromatic N) is 1. The third-order valence-corrected chi connectivity index (χ3v) is 5.27. The quantitative estimate of drug-likeness (QED) is 0.293. The average molecular weight is 516 g/mol. The number of hydrogen-bond acceptors (Lipinski definition) is 4. The molecule has 32 heavy (non-hydrogen) atoms. The Morgan fingerprint density at radius 2 is 1.94 bits per heavy atom. The highest BCUT2D eigenvalue weighted by molar-refractivity contribution is 9.10. The van der Waals surface area contributed by atoms with Gasteiger partial charge in [-0.2, -0.15) is 5.26 Å². The van der Waals surface area contributed by atoms with Crippen LogP contribution in [0.15, 0.2) is 70.7 Å². The van der Waals surface area contributed by atoms with Gasteiger partial charge in [-0.05, 0) is 65.7 Å². The van der Waals surface area contributed by atoms with E-state index in [0.29, 0.717) is 37.8 Å². The second-order valence-electron chi connectivity index (χ2n) is 6.57. The molecule has 1 amide bonds. The fourth-order valence-corrected chi connectivity index (χ4v) is 3.32. The number of benzene rings is 3. The highest BCUT2D eigenvalue weighted by Gasteiger charge is 2.14. The van der Waals surface area contributed by atoms with Crippen LogP contribution < -0.4 is 14.8 Å². The summed E-state index contributed by atoms with van der Waals surface area (Å²) in [4.78, 5) is 12.5. The Labute approximate surface area is 198 Å². The van der Waals surface area contributed by atoms with E-state index in [1.54, 1.807) is 48.5 Å². The first kappa shape index (κ1) is 23.3. The van der Waals surface area contributed by atoms with Crippen molar-refractivity contribution in [2.24, 2.45) is 0 Å². The molecule has 0 aliphatic rings. The van der Waals surface area contributed by atoms with E-state index in [1.165, 1.54) is 25.3 Å². The summed E-state index contributed by atoms with van der Waals surface area (Å²) in [6.07, 6.45) is 1.44. The number of carbonyl (C=O) groups excluding carboxylic acids is 1. The molecule has 0 bridgehead atoms. The lowest BCUT2D eigenvalue weighted by Crippen LogP contribution is -2.13. The highest BCUT2D eigenvalue weighted by atomic mass is 79.9. The minimum atomic E-state index is -0.563. The van der Waals surface area contributed by atoms with Crippen LogP contribution in [0.1, 0.15) is 11.1 Å². The Morgan fingerprint density at radius 1 is 1.19 bits per heavy atom. The fraction of sp³-hybridized carbons (Fsp3) is 0.0833. The van der Waals surface area contributed by atoms with Gasteiger partial charge >= 0.3 is 0 Å².